The van der Waals surface area contributed by atoms with Crippen LogP contribution in [0.2, 0.25) is 0 Å². The van der Waals surface area contributed by atoms with Crippen LogP contribution in [0.5, 0.6) is 0 Å². The highest BCUT2D eigenvalue weighted by molar-refractivity contribution is 7.99. The lowest BCUT2D eigenvalue weighted by Crippen LogP contribution is -2.16. The SMILES string of the molecule is CCOC(=O)c1ccsc1NC(=O)CSc1nnc(C2CC2)n1C1CC1. The molecular weight excluding hydrogens is 372 g/mol. The number of carbonyl (C=O) groups excluding carboxylic acids is 2. The van der Waals surface area contributed by atoms with Crippen LogP contribution in [0.25, 0.3) is 0 Å². The number of nitrogens with one attached hydrogen (secondary N) is 1. The van der Waals surface area contributed by atoms with Crippen LogP contribution in [0.4, 0.5) is 5.00 Å². The zero-order valence-electron chi connectivity index (χ0n) is 14.4. The number of hydrogen-bond acceptors (Lipinski definition) is 7. The molecule has 26 heavy (non-hydrogen) atoms. The van der Waals surface area contributed by atoms with Crippen molar-refractivity contribution in [3.63, 3.8) is 0 Å². The van der Waals surface area contributed by atoms with Crippen molar-refractivity contribution in [2.24, 2.45) is 0 Å². The van der Waals surface area contributed by atoms with Crippen molar-refractivity contribution in [2.45, 2.75) is 49.7 Å². The minimum atomic E-state index is -0.417. The van der Waals surface area contributed by atoms with Gasteiger partial charge in [-0.2, -0.15) is 0 Å². The molecule has 0 atom stereocenters. The quantitative estimate of drug-likeness (QED) is 0.547. The van der Waals surface area contributed by atoms with Gasteiger partial charge in [-0.1, -0.05) is 11.8 Å². The molecule has 4 rings (SSSR count). The summed E-state index contributed by atoms with van der Waals surface area (Å²) >= 11 is 2.71. The van der Waals surface area contributed by atoms with Crippen molar-refractivity contribution in [1.82, 2.24) is 14.8 Å². The van der Waals surface area contributed by atoms with E-state index < -0.39 is 5.97 Å². The van der Waals surface area contributed by atoms with Gasteiger partial charge in [0.25, 0.3) is 0 Å². The van der Waals surface area contributed by atoms with Gasteiger partial charge in [-0.25, -0.2) is 4.79 Å². The second kappa shape index (κ2) is 7.40. The number of thiophene rings is 1. The summed E-state index contributed by atoms with van der Waals surface area (Å²) in [5.74, 6) is 1.28. The Bertz CT molecular complexity index is 824. The Hall–Kier alpha value is -1.87. The molecule has 2 aromatic rings. The van der Waals surface area contributed by atoms with Gasteiger partial charge < -0.3 is 14.6 Å². The number of ether oxygens (including phenoxy) is 1. The van der Waals surface area contributed by atoms with Crippen molar-refractivity contribution in [2.75, 3.05) is 17.7 Å². The van der Waals surface area contributed by atoms with Gasteiger partial charge in [-0.3, -0.25) is 4.79 Å². The zero-order chi connectivity index (χ0) is 18.1. The predicted molar refractivity (Wildman–Crippen MR) is 99.9 cm³/mol. The fourth-order valence-corrected chi connectivity index (χ4v) is 4.36. The van der Waals surface area contributed by atoms with Crippen LogP contribution < -0.4 is 5.32 Å². The molecule has 2 aliphatic carbocycles. The number of nitrogens with zero attached hydrogens (tertiary/aromatic N) is 3. The zero-order valence-corrected chi connectivity index (χ0v) is 16.1. The van der Waals surface area contributed by atoms with Crippen LogP contribution in [0.1, 0.15) is 60.7 Å². The third kappa shape index (κ3) is 3.78. The fourth-order valence-electron chi connectivity index (χ4n) is 2.75. The van der Waals surface area contributed by atoms with Gasteiger partial charge in [0.15, 0.2) is 5.16 Å². The summed E-state index contributed by atoms with van der Waals surface area (Å²) in [6.45, 7) is 2.06. The highest BCUT2D eigenvalue weighted by Gasteiger charge is 2.36. The molecule has 7 nitrogen and oxygen atoms in total. The van der Waals surface area contributed by atoms with Crippen LogP contribution in [0.3, 0.4) is 0 Å². The predicted octanol–water partition coefficient (Wildman–Crippen LogP) is 3.46. The number of carbonyl (C=O) groups is 2. The second-order valence-electron chi connectivity index (χ2n) is 6.44. The molecule has 1 amide bonds. The van der Waals surface area contributed by atoms with Crippen molar-refractivity contribution < 1.29 is 14.3 Å². The first-order chi connectivity index (χ1) is 12.7. The maximum absolute atomic E-state index is 12.3. The lowest BCUT2D eigenvalue weighted by atomic mass is 10.3. The summed E-state index contributed by atoms with van der Waals surface area (Å²) in [5.41, 5.74) is 0.396. The lowest BCUT2D eigenvalue weighted by Gasteiger charge is -2.08. The Morgan fingerprint density at radius 2 is 2.15 bits per heavy atom. The summed E-state index contributed by atoms with van der Waals surface area (Å²) in [5, 5.41) is 14.6. The standard InChI is InChI=1S/C17H20N4O3S2/c1-2-24-16(23)12-7-8-25-15(12)18-13(22)9-26-17-20-19-14(10-3-4-10)21(17)11-5-6-11/h7-8,10-11H,2-6,9H2,1H3,(H,18,22). The first kappa shape index (κ1) is 17.5. The van der Waals surface area contributed by atoms with Gasteiger partial charge in [-0.15, -0.1) is 21.5 Å². The Labute approximate surface area is 159 Å². The summed E-state index contributed by atoms with van der Waals surface area (Å²) in [7, 11) is 0. The molecule has 0 saturated heterocycles. The molecule has 138 valence electrons. The number of esters is 1. The van der Waals surface area contributed by atoms with E-state index in [4.69, 9.17) is 4.74 Å². The Morgan fingerprint density at radius 3 is 2.85 bits per heavy atom. The van der Waals surface area contributed by atoms with E-state index in [0.717, 1.165) is 23.8 Å². The monoisotopic (exact) mass is 392 g/mol. The highest BCUT2D eigenvalue weighted by Crippen LogP contribution is 2.46. The summed E-state index contributed by atoms with van der Waals surface area (Å²) < 4.78 is 7.23. The van der Waals surface area contributed by atoms with Gasteiger partial charge in [0, 0.05) is 12.0 Å². The number of anilines is 1. The molecule has 2 aromatic heterocycles. The molecule has 0 unspecified atom stereocenters. The Balaban J connectivity index is 1.38. The molecule has 2 fully saturated rings. The normalized spacial score (nSPS) is 16.5. The number of hydrogen-bond donors (Lipinski definition) is 1. The summed E-state index contributed by atoms with van der Waals surface area (Å²) in [4.78, 5) is 24.2. The fraction of sp³-hybridized carbons (Fsp3) is 0.529. The maximum atomic E-state index is 12.3. The van der Waals surface area contributed by atoms with E-state index in [1.807, 2.05) is 0 Å². The van der Waals surface area contributed by atoms with E-state index in [2.05, 4.69) is 20.1 Å². The van der Waals surface area contributed by atoms with E-state index in [-0.39, 0.29) is 11.7 Å². The van der Waals surface area contributed by atoms with Crippen molar-refractivity contribution >= 4 is 40.0 Å². The molecule has 2 saturated carbocycles. The van der Waals surface area contributed by atoms with Crippen LogP contribution in [0.15, 0.2) is 16.6 Å². The molecule has 9 heteroatoms. The summed E-state index contributed by atoms with van der Waals surface area (Å²) in [6.07, 6.45) is 4.70. The average molecular weight is 393 g/mol. The van der Waals surface area contributed by atoms with Crippen LogP contribution in [0, 0.1) is 0 Å². The van der Waals surface area contributed by atoms with E-state index in [0.29, 0.717) is 29.1 Å². The molecule has 1 N–H and O–H groups in total. The Kier molecular flexibility index (Phi) is 4.99. The van der Waals surface area contributed by atoms with Gasteiger partial charge in [-0.05, 0) is 44.1 Å². The smallest absolute Gasteiger partial charge is 0.341 e. The number of amides is 1. The second-order valence-corrected chi connectivity index (χ2v) is 8.30. The highest BCUT2D eigenvalue weighted by atomic mass is 32.2. The minimum Gasteiger partial charge on any atom is -0.462 e. The van der Waals surface area contributed by atoms with Crippen molar-refractivity contribution in [3.05, 3.63) is 22.8 Å². The first-order valence-electron chi connectivity index (χ1n) is 8.79. The molecule has 2 heterocycles. The maximum Gasteiger partial charge on any atom is 0.341 e. The lowest BCUT2D eigenvalue weighted by molar-refractivity contribution is -0.113. The molecule has 0 aromatic carbocycles. The van der Waals surface area contributed by atoms with E-state index >= 15 is 0 Å². The molecule has 0 radical (unpaired) electrons. The number of rotatable bonds is 8. The molecule has 0 spiro atoms. The van der Waals surface area contributed by atoms with Crippen molar-refractivity contribution in [3.8, 4) is 0 Å². The molecule has 2 aliphatic rings. The third-order valence-electron chi connectivity index (χ3n) is 4.29. The van der Waals surface area contributed by atoms with Crippen LogP contribution in [-0.4, -0.2) is 39.0 Å². The van der Waals surface area contributed by atoms with Gasteiger partial charge in [0.1, 0.15) is 10.8 Å². The molecule has 0 bridgehead atoms. The Morgan fingerprint density at radius 1 is 1.35 bits per heavy atom. The van der Waals surface area contributed by atoms with E-state index in [1.165, 1.54) is 35.9 Å². The van der Waals surface area contributed by atoms with Crippen molar-refractivity contribution in [1.29, 1.82) is 0 Å². The topological polar surface area (TPSA) is 86.1 Å². The van der Waals surface area contributed by atoms with Gasteiger partial charge in [0.05, 0.1) is 17.9 Å². The molecule has 0 aliphatic heterocycles. The van der Waals surface area contributed by atoms with Gasteiger partial charge in [0.2, 0.25) is 5.91 Å². The average Bonchev–Trinajstić information content (AvgIpc) is 3.55. The first-order valence-corrected chi connectivity index (χ1v) is 10.7. The van der Waals surface area contributed by atoms with Crippen LogP contribution in [-0.2, 0) is 9.53 Å². The van der Waals surface area contributed by atoms with Crippen LogP contribution >= 0.6 is 23.1 Å². The summed E-state index contributed by atoms with van der Waals surface area (Å²) in [6, 6.07) is 2.16. The largest absolute Gasteiger partial charge is 0.462 e. The third-order valence-corrected chi connectivity index (χ3v) is 6.06. The number of aromatic nitrogens is 3. The van der Waals surface area contributed by atoms with E-state index in [9.17, 15) is 9.59 Å². The van der Waals surface area contributed by atoms with E-state index in [1.54, 1.807) is 18.4 Å². The van der Waals surface area contributed by atoms with Gasteiger partial charge >= 0.3 is 5.97 Å². The number of thioether (sulfide) groups is 1. The molecular formula is C17H20N4O3S2. The minimum absolute atomic E-state index is 0.165.